The Morgan fingerprint density at radius 3 is 2.68 bits per heavy atom. The second kappa shape index (κ2) is 7.81. The fourth-order valence-corrected chi connectivity index (χ4v) is 3.84. The van der Waals surface area contributed by atoms with Gasteiger partial charge < -0.3 is 14.7 Å². The molecular weight excluding hydrogens is 323 g/mol. The summed E-state index contributed by atoms with van der Waals surface area (Å²) >= 11 is 0. The summed E-state index contributed by atoms with van der Waals surface area (Å²) in [5.74, 6) is -0.509. The molecule has 0 unspecified atom stereocenters. The van der Waals surface area contributed by atoms with Gasteiger partial charge in [0.15, 0.2) is 5.60 Å². The highest BCUT2D eigenvalue weighted by atomic mass is 19.1. The van der Waals surface area contributed by atoms with E-state index in [1.54, 1.807) is 17.0 Å². The molecule has 0 bridgehead atoms. The minimum absolute atomic E-state index is 0.220. The second-order valence-electron chi connectivity index (χ2n) is 7.25. The van der Waals surface area contributed by atoms with Crippen LogP contribution in [0.25, 0.3) is 0 Å². The van der Waals surface area contributed by atoms with Gasteiger partial charge >= 0.3 is 0 Å². The van der Waals surface area contributed by atoms with Gasteiger partial charge in [-0.3, -0.25) is 9.69 Å². The molecule has 1 atom stereocenters. The molecule has 1 amide bonds. The number of piperidine rings is 1. The molecule has 2 fully saturated rings. The van der Waals surface area contributed by atoms with Crippen molar-refractivity contribution in [2.75, 3.05) is 33.4 Å². The van der Waals surface area contributed by atoms with Crippen molar-refractivity contribution < 1.29 is 19.0 Å². The maximum absolute atomic E-state index is 13.1. The second-order valence-corrected chi connectivity index (χ2v) is 7.25. The summed E-state index contributed by atoms with van der Waals surface area (Å²) in [6, 6.07) is 6.51. The van der Waals surface area contributed by atoms with Crippen molar-refractivity contribution in [2.24, 2.45) is 0 Å². The molecule has 0 aliphatic carbocycles. The first-order valence-corrected chi connectivity index (χ1v) is 9.02. The highest BCUT2D eigenvalue weighted by Gasteiger charge is 2.43. The van der Waals surface area contributed by atoms with Crippen molar-refractivity contribution in [1.82, 2.24) is 9.80 Å². The van der Waals surface area contributed by atoms with Crippen LogP contribution in [0.3, 0.4) is 0 Å². The molecule has 1 N–H and O–H groups in total. The van der Waals surface area contributed by atoms with Crippen LogP contribution in [-0.4, -0.2) is 65.8 Å². The van der Waals surface area contributed by atoms with E-state index in [1.165, 1.54) is 12.1 Å². The molecule has 0 saturated carbocycles. The molecule has 2 aliphatic rings. The van der Waals surface area contributed by atoms with Crippen LogP contribution >= 0.6 is 0 Å². The predicted octanol–water partition coefficient (Wildman–Crippen LogP) is 1.79. The molecule has 2 saturated heterocycles. The zero-order valence-corrected chi connectivity index (χ0v) is 14.8. The largest absolute Gasteiger partial charge is 0.381 e. The SMILES string of the molecule is CN(C[C@@]1(O)CCCN(Cc2ccc(F)cc2)C1=O)C1CCOCC1. The van der Waals surface area contributed by atoms with Crippen molar-refractivity contribution in [1.29, 1.82) is 0 Å². The fourth-order valence-electron chi connectivity index (χ4n) is 3.84. The van der Waals surface area contributed by atoms with Crippen LogP contribution in [0.15, 0.2) is 24.3 Å². The average Bonchev–Trinajstić information content (AvgIpc) is 2.62. The molecule has 0 radical (unpaired) electrons. The number of ether oxygens (including phenoxy) is 1. The first-order valence-electron chi connectivity index (χ1n) is 9.02. The number of halogens is 1. The summed E-state index contributed by atoms with van der Waals surface area (Å²) in [7, 11) is 1.97. The quantitative estimate of drug-likeness (QED) is 0.880. The van der Waals surface area contributed by atoms with Crippen LogP contribution in [0.2, 0.25) is 0 Å². The van der Waals surface area contributed by atoms with E-state index in [2.05, 4.69) is 4.90 Å². The number of aliphatic hydroxyl groups is 1. The summed E-state index contributed by atoms with van der Waals surface area (Å²) in [4.78, 5) is 16.7. The van der Waals surface area contributed by atoms with Crippen LogP contribution in [0.5, 0.6) is 0 Å². The normalized spacial score (nSPS) is 25.6. The van der Waals surface area contributed by atoms with Crippen molar-refractivity contribution in [3.63, 3.8) is 0 Å². The van der Waals surface area contributed by atoms with Gasteiger partial charge in [-0.2, -0.15) is 0 Å². The van der Waals surface area contributed by atoms with Gasteiger partial charge in [-0.25, -0.2) is 4.39 Å². The highest BCUT2D eigenvalue weighted by Crippen LogP contribution is 2.27. The molecule has 1 aromatic carbocycles. The zero-order valence-electron chi connectivity index (χ0n) is 14.8. The summed E-state index contributed by atoms with van der Waals surface area (Å²) in [6.07, 6.45) is 3.12. The smallest absolute Gasteiger partial charge is 0.256 e. The van der Waals surface area contributed by atoms with E-state index >= 15 is 0 Å². The molecule has 138 valence electrons. The van der Waals surface area contributed by atoms with E-state index in [9.17, 15) is 14.3 Å². The van der Waals surface area contributed by atoms with Crippen molar-refractivity contribution >= 4 is 5.91 Å². The standard InChI is InChI=1S/C19H27FN2O3/c1-21(17-7-11-25-12-8-17)14-19(24)9-2-10-22(18(19)23)13-15-3-5-16(20)6-4-15/h3-6,17,24H,2,7-14H2,1H3/t19-/m0/s1. The van der Waals surface area contributed by atoms with E-state index in [1.807, 2.05) is 7.05 Å². The Kier molecular flexibility index (Phi) is 5.71. The number of amides is 1. The number of hydrogen-bond donors (Lipinski definition) is 1. The van der Waals surface area contributed by atoms with Gasteiger partial charge in [-0.15, -0.1) is 0 Å². The fraction of sp³-hybridized carbons (Fsp3) is 0.632. The topological polar surface area (TPSA) is 53.0 Å². The number of likely N-dealkylation sites (N-methyl/N-ethyl adjacent to an activating group) is 1. The molecular formula is C19H27FN2O3. The number of carbonyl (C=O) groups excluding carboxylic acids is 1. The lowest BCUT2D eigenvalue weighted by Gasteiger charge is -2.42. The summed E-state index contributed by atoms with van der Waals surface area (Å²) in [5, 5.41) is 11.0. The number of hydrogen-bond acceptors (Lipinski definition) is 4. The van der Waals surface area contributed by atoms with Gasteiger partial charge in [0, 0.05) is 38.9 Å². The van der Waals surface area contributed by atoms with Gasteiger partial charge in [0.25, 0.3) is 5.91 Å². The minimum atomic E-state index is -1.34. The lowest BCUT2D eigenvalue weighted by Crippen LogP contribution is -2.59. The number of benzene rings is 1. The van der Waals surface area contributed by atoms with E-state index in [0.29, 0.717) is 32.1 Å². The molecule has 6 heteroatoms. The Bertz CT molecular complexity index is 589. The molecule has 2 aliphatic heterocycles. The lowest BCUT2D eigenvalue weighted by atomic mass is 9.90. The van der Waals surface area contributed by atoms with Crippen LogP contribution in [0.4, 0.5) is 4.39 Å². The van der Waals surface area contributed by atoms with Crippen molar-refractivity contribution in [2.45, 2.75) is 43.9 Å². The third-order valence-corrected chi connectivity index (χ3v) is 5.32. The maximum atomic E-state index is 13.1. The minimum Gasteiger partial charge on any atom is -0.381 e. The maximum Gasteiger partial charge on any atom is 0.256 e. The van der Waals surface area contributed by atoms with Gasteiger partial charge in [-0.1, -0.05) is 12.1 Å². The Balaban J connectivity index is 1.64. The van der Waals surface area contributed by atoms with Crippen LogP contribution < -0.4 is 0 Å². The molecule has 5 nitrogen and oxygen atoms in total. The Morgan fingerprint density at radius 2 is 2.00 bits per heavy atom. The van der Waals surface area contributed by atoms with Crippen LogP contribution in [0, 0.1) is 5.82 Å². The summed E-state index contributed by atoms with van der Waals surface area (Å²) in [5.41, 5.74) is -0.470. The monoisotopic (exact) mass is 350 g/mol. The molecule has 0 aromatic heterocycles. The van der Waals surface area contributed by atoms with E-state index in [4.69, 9.17) is 4.74 Å². The molecule has 25 heavy (non-hydrogen) atoms. The zero-order chi connectivity index (χ0) is 17.9. The molecule has 0 spiro atoms. The van der Waals surface area contributed by atoms with E-state index in [0.717, 1.165) is 38.0 Å². The van der Waals surface area contributed by atoms with E-state index < -0.39 is 5.60 Å². The first-order chi connectivity index (χ1) is 12.0. The van der Waals surface area contributed by atoms with Crippen molar-refractivity contribution in [3.8, 4) is 0 Å². The Hall–Kier alpha value is -1.50. The highest BCUT2D eigenvalue weighted by molar-refractivity contribution is 5.86. The molecule has 2 heterocycles. The predicted molar refractivity (Wildman–Crippen MR) is 92.5 cm³/mol. The third-order valence-electron chi connectivity index (χ3n) is 5.32. The molecule has 3 rings (SSSR count). The number of carbonyl (C=O) groups is 1. The average molecular weight is 350 g/mol. The lowest BCUT2D eigenvalue weighted by molar-refractivity contribution is -0.161. The third kappa shape index (κ3) is 4.37. The van der Waals surface area contributed by atoms with Crippen molar-refractivity contribution in [3.05, 3.63) is 35.6 Å². The number of rotatable bonds is 5. The van der Waals surface area contributed by atoms with Crippen LogP contribution in [0.1, 0.15) is 31.2 Å². The Labute approximate surface area is 148 Å². The van der Waals surface area contributed by atoms with Gasteiger partial charge in [0.05, 0.1) is 0 Å². The first kappa shape index (κ1) is 18.3. The number of nitrogens with zero attached hydrogens (tertiary/aromatic N) is 2. The van der Waals surface area contributed by atoms with Crippen LogP contribution in [-0.2, 0) is 16.1 Å². The number of likely N-dealkylation sites (tertiary alicyclic amines) is 1. The van der Waals surface area contributed by atoms with Gasteiger partial charge in [0.1, 0.15) is 5.82 Å². The Morgan fingerprint density at radius 1 is 1.32 bits per heavy atom. The van der Waals surface area contributed by atoms with Gasteiger partial charge in [0.2, 0.25) is 0 Å². The van der Waals surface area contributed by atoms with Gasteiger partial charge in [-0.05, 0) is 50.4 Å². The van der Waals surface area contributed by atoms with E-state index in [-0.39, 0.29) is 11.7 Å². The summed E-state index contributed by atoms with van der Waals surface area (Å²) in [6.45, 7) is 2.84. The summed E-state index contributed by atoms with van der Waals surface area (Å²) < 4.78 is 18.4. The molecule has 1 aromatic rings.